The summed E-state index contributed by atoms with van der Waals surface area (Å²) in [6, 6.07) is 17.8. The van der Waals surface area contributed by atoms with E-state index in [1.807, 2.05) is 0 Å². The van der Waals surface area contributed by atoms with Crippen LogP contribution in [0.15, 0.2) is 54.7 Å². The summed E-state index contributed by atoms with van der Waals surface area (Å²) in [5, 5.41) is 0. The molecule has 2 N–H and O–H groups in total. The molecule has 174 valence electrons. The third-order valence-corrected chi connectivity index (χ3v) is 7.03. The zero-order valence-corrected chi connectivity index (χ0v) is 20.4. The Bertz CT molecular complexity index is 1070. The number of pyridine rings is 1. The van der Waals surface area contributed by atoms with E-state index >= 15 is 0 Å². The second kappa shape index (κ2) is 10.5. The molecule has 0 atom stereocenters. The Balaban J connectivity index is 1.70. The molecule has 0 spiro atoms. The number of benzene rings is 2. The van der Waals surface area contributed by atoms with Crippen molar-refractivity contribution in [2.24, 2.45) is 5.73 Å². The second-order valence-electron chi connectivity index (χ2n) is 9.02. The van der Waals surface area contributed by atoms with Crippen LogP contribution in [0.4, 0.5) is 11.5 Å². The topological polar surface area (TPSA) is 48.1 Å². The molecule has 0 saturated heterocycles. The predicted molar refractivity (Wildman–Crippen MR) is 140 cm³/mol. The number of rotatable bonds is 11. The molecule has 0 unspecified atom stereocenters. The standard InChI is InChI=1S/C29H38N3O/c1-4-7-8-10-22-19-27-26-20-24(23-11-14-25(15-12-23)33-18-9-17-30)13-16-28(26)32(5-2,6-3)29(27)31-21-22/h11-16,19-21H,4-10,17-18,30H2,1-3H3/q+1. The first-order chi connectivity index (χ1) is 16.2. The van der Waals surface area contributed by atoms with Gasteiger partial charge in [-0.1, -0.05) is 31.9 Å². The summed E-state index contributed by atoms with van der Waals surface area (Å²) < 4.78 is 6.60. The van der Waals surface area contributed by atoms with Gasteiger partial charge >= 0.3 is 0 Å². The number of aryl methyl sites for hydroxylation is 1. The Hall–Kier alpha value is -2.69. The normalized spacial score (nSPS) is 13.6. The van der Waals surface area contributed by atoms with E-state index in [9.17, 15) is 0 Å². The second-order valence-corrected chi connectivity index (χ2v) is 9.02. The van der Waals surface area contributed by atoms with Crippen molar-refractivity contribution in [3.63, 3.8) is 0 Å². The highest BCUT2D eigenvalue weighted by Crippen LogP contribution is 2.52. The van der Waals surface area contributed by atoms with Gasteiger partial charge in [0.2, 0.25) is 5.82 Å². The smallest absolute Gasteiger partial charge is 0.240 e. The molecule has 1 aromatic heterocycles. The quantitative estimate of drug-likeness (QED) is 0.259. The number of nitrogens with two attached hydrogens (primary N) is 1. The average Bonchev–Trinajstić information content (AvgIpc) is 3.13. The maximum atomic E-state index is 5.78. The maximum absolute atomic E-state index is 5.78. The Morgan fingerprint density at radius 1 is 0.848 bits per heavy atom. The number of hydrogen-bond donors (Lipinski definition) is 1. The van der Waals surface area contributed by atoms with Gasteiger partial charge in [-0.2, -0.15) is 0 Å². The SMILES string of the molecule is CCCCCc1cnc2c(c1)-c1cc(-c3ccc(OCCCN)cc3)ccc1[N+]2(CC)CC. The van der Waals surface area contributed by atoms with Crippen molar-refractivity contribution in [2.75, 3.05) is 26.2 Å². The third kappa shape index (κ3) is 4.55. The van der Waals surface area contributed by atoms with Crippen molar-refractivity contribution >= 4 is 11.5 Å². The van der Waals surface area contributed by atoms with Gasteiger partial charge in [0.1, 0.15) is 11.4 Å². The molecule has 0 saturated carbocycles. The number of hydrogen-bond acceptors (Lipinski definition) is 3. The molecular weight excluding hydrogens is 406 g/mol. The number of aromatic nitrogens is 1. The number of unbranched alkanes of at least 4 members (excludes halogenated alkanes) is 2. The summed E-state index contributed by atoms with van der Waals surface area (Å²) in [5.41, 5.74) is 13.4. The van der Waals surface area contributed by atoms with Crippen LogP contribution < -0.4 is 15.0 Å². The zero-order valence-electron chi connectivity index (χ0n) is 20.4. The van der Waals surface area contributed by atoms with Crippen molar-refractivity contribution in [3.8, 4) is 28.0 Å². The maximum Gasteiger partial charge on any atom is 0.240 e. The van der Waals surface area contributed by atoms with E-state index in [1.165, 1.54) is 58.6 Å². The molecule has 4 heteroatoms. The lowest BCUT2D eigenvalue weighted by Gasteiger charge is -2.31. The predicted octanol–water partition coefficient (Wildman–Crippen LogP) is 6.87. The van der Waals surface area contributed by atoms with Crippen molar-refractivity contribution in [2.45, 2.75) is 52.9 Å². The van der Waals surface area contributed by atoms with Crippen LogP contribution >= 0.6 is 0 Å². The molecule has 0 bridgehead atoms. The highest BCUT2D eigenvalue weighted by atomic mass is 16.5. The van der Waals surface area contributed by atoms with Gasteiger partial charge in [0.05, 0.1) is 30.8 Å². The molecule has 1 aliphatic heterocycles. The van der Waals surface area contributed by atoms with Gasteiger partial charge in [0.25, 0.3) is 0 Å². The van der Waals surface area contributed by atoms with Gasteiger partial charge in [-0.3, -0.25) is 0 Å². The Morgan fingerprint density at radius 2 is 1.61 bits per heavy atom. The van der Waals surface area contributed by atoms with Crippen LogP contribution in [0.3, 0.4) is 0 Å². The monoisotopic (exact) mass is 444 g/mol. The lowest BCUT2D eigenvalue weighted by molar-refractivity contribution is 0.313. The van der Waals surface area contributed by atoms with Gasteiger partial charge in [-0.25, -0.2) is 9.47 Å². The zero-order chi connectivity index (χ0) is 23.3. The van der Waals surface area contributed by atoms with Gasteiger partial charge in [-0.15, -0.1) is 0 Å². The average molecular weight is 445 g/mol. The van der Waals surface area contributed by atoms with Gasteiger partial charge in [-0.05, 0) is 86.7 Å². The van der Waals surface area contributed by atoms with Crippen LogP contribution in [-0.4, -0.2) is 31.2 Å². The van der Waals surface area contributed by atoms with Crippen molar-refractivity contribution in [1.82, 2.24) is 9.47 Å². The minimum Gasteiger partial charge on any atom is -0.494 e. The highest BCUT2D eigenvalue weighted by Gasteiger charge is 2.43. The Labute approximate surface area is 199 Å². The molecule has 0 radical (unpaired) electrons. The molecule has 0 amide bonds. The molecule has 3 aromatic rings. The summed E-state index contributed by atoms with van der Waals surface area (Å²) >= 11 is 0. The largest absolute Gasteiger partial charge is 0.494 e. The molecule has 0 fully saturated rings. The van der Waals surface area contributed by atoms with Crippen molar-refractivity contribution in [3.05, 3.63) is 60.3 Å². The van der Waals surface area contributed by atoms with Crippen molar-refractivity contribution in [1.29, 1.82) is 0 Å². The number of nitrogens with zero attached hydrogens (tertiary/aromatic N) is 2. The fourth-order valence-corrected chi connectivity index (χ4v) is 5.06. The molecule has 4 rings (SSSR count). The van der Waals surface area contributed by atoms with E-state index in [2.05, 4.69) is 75.5 Å². The van der Waals surface area contributed by atoms with E-state index in [0.29, 0.717) is 13.2 Å². The van der Waals surface area contributed by atoms with E-state index in [-0.39, 0.29) is 0 Å². The molecule has 0 aliphatic carbocycles. The summed E-state index contributed by atoms with van der Waals surface area (Å²) in [6.45, 7) is 10.1. The van der Waals surface area contributed by atoms with E-state index in [0.717, 1.165) is 36.2 Å². The van der Waals surface area contributed by atoms with Crippen LogP contribution in [0.25, 0.3) is 22.3 Å². The lowest BCUT2D eigenvalue weighted by Crippen LogP contribution is -2.42. The first kappa shape index (κ1) is 23.5. The lowest BCUT2D eigenvalue weighted by atomic mass is 9.98. The Kier molecular flexibility index (Phi) is 7.46. The van der Waals surface area contributed by atoms with Crippen LogP contribution in [0, 0.1) is 0 Å². The third-order valence-electron chi connectivity index (χ3n) is 7.03. The number of fused-ring (bicyclic) bond motifs is 3. The summed E-state index contributed by atoms with van der Waals surface area (Å²) in [4.78, 5) is 5.04. The molecule has 2 heterocycles. The molecule has 1 aliphatic rings. The van der Waals surface area contributed by atoms with Gasteiger partial charge in [0.15, 0.2) is 0 Å². The van der Waals surface area contributed by atoms with Crippen LogP contribution in [0.5, 0.6) is 5.75 Å². The summed E-state index contributed by atoms with van der Waals surface area (Å²) in [5.74, 6) is 2.10. The van der Waals surface area contributed by atoms with E-state index in [1.54, 1.807) is 0 Å². The fraction of sp³-hybridized carbons (Fsp3) is 0.414. The summed E-state index contributed by atoms with van der Waals surface area (Å²) in [6.07, 6.45) is 7.83. The van der Waals surface area contributed by atoms with Crippen molar-refractivity contribution < 1.29 is 4.74 Å². The van der Waals surface area contributed by atoms with Gasteiger partial charge < -0.3 is 10.5 Å². The highest BCUT2D eigenvalue weighted by molar-refractivity contribution is 5.95. The fourth-order valence-electron chi connectivity index (χ4n) is 5.06. The first-order valence-corrected chi connectivity index (χ1v) is 12.6. The molecular formula is C29H38N3O+. The minimum absolute atomic E-state index is 0.652. The van der Waals surface area contributed by atoms with Crippen LogP contribution in [0.2, 0.25) is 0 Å². The van der Waals surface area contributed by atoms with Crippen LogP contribution in [-0.2, 0) is 6.42 Å². The number of ether oxygens (including phenoxy) is 1. The van der Waals surface area contributed by atoms with Gasteiger partial charge in [0, 0.05) is 12.3 Å². The molecule has 33 heavy (non-hydrogen) atoms. The van der Waals surface area contributed by atoms with E-state index < -0.39 is 0 Å². The molecule has 4 nitrogen and oxygen atoms in total. The molecule has 2 aromatic carbocycles. The number of quaternary nitrogens is 1. The van der Waals surface area contributed by atoms with Crippen LogP contribution in [0.1, 0.15) is 52.0 Å². The van der Waals surface area contributed by atoms with E-state index in [4.69, 9.17) is 15.5 Å². The minimum atomic E-state index is 0.652. The Morgan fingerprint density at radius 3 is 2.30 bits per heavy atom. The first-order valence-electron chi connectivity index (χ1n) is 12.6. The summed E-state index contributed by atoms with van der Waals surface area (Å²) in [7, 11) is 0.